The molecule has 42 heavy (non-hydrogen) atoms. The maximum Gasteiger partial charge on any atom is 0.343 e. The first-order chi connectivity index (χ1) is 20.2. The van der Waals surface area contributed by atoms with Crippen LogP contribution in [0.2, 0.25) is 0 Å². The van der Waals surface area contributed by atoms with E-state index in [2.05, 4.69) is 0 Å². The largest absolute Gasteiger partial charge is 0.497 e. The van der Waals surface area contributed by atoms with Gasteiger partial charge in [-0.2, -0.15) is 0 Å². The number of nitrogens with zero attached hydrogens (tertiary/aromatic N) is 2. The molecule has 0 N–H and O–H groups in total. The van der Waals surface area contributed by atoms with Gasteiger partial charge in [-0.05, 0) is 85.6 Å². The number of carbonyl (C=O) groups is 2. The smallest absolute Gasteiger partial charge is 0.343 e. The van der Waals surface area contributed by atoms with Gasteiger partial charge in [-0.25, -0.2) is 14.2 Å². The third kappa shape index (κ3) is 8.33. The fraction of sp³-hybridized carbons (Fsp3) is 0.265. The van der Waals surface area contributed by atoms with Gasteiger partial charge in [0.1, 0.15) is 29.6 Å². The van der Waals surface area contributed by atoms with Crippen LogP contribution in [0, 0.1) is 13.8 Å². The Balaban J connectivity index is 0.00000237. The van der Waals surface area contributed by atoms with Gasteiger partial charge in [0.2, 0.25) is 0 Å². The van der Waals surface area contributed by atoms with Gasteiger partial charge in [0.25, 0.3) is 0 Å². The molecule has 0 fully saturated rings. The second kappa shape index (κ2) is 15.2. The predicted molar refractivity (Wildman–Crippen MR) is 163 cm³/mol. The fourth-order valence-corrected chi connectivity index (χ4v) is 3.89. The number of hydrogen-bond donors (Lipinski definition) is 0. The fourth-order valence-electron chi connectivity index (χ4n) is 3.89. The molecule has 3 aromatic carbocycles. The molecule has 0 radical (unpaired) electrons. The molecule has 1 heterocycles. The van der Waals surface area contributed by atoms with E-state index in [4.69, 9.17) is 18.9 Å². The van der Waals surface area contributed by atoms with E-state index in [-0.39, 0.29) is 0 Å². The second-order valence-corrected chi connectivity index (χ2v) is 9.38. The molecule has 0 amide bonds. The molecule has 0 unspecified atom stereocenters. The van der Waals surface area contributed by atoms with Crippen LogP contribution in [0.5, 0.6) is 23.0 Å². The van der Waals surface area contributed by atoms with E-state index in [0.29, 0.717) is 58.4 Å². The maximum absolute atomic E-state index is 12.8. The van der Waals surface area contributed by atoms with Gasteiger partial charge < -0.3 is 23.8 Å². The molecule has 1 aromatic heterocycles. The van der Waals surface area contributed by atoms with Crippen LogP contribution in [-0.4, -0.2) is 39.8 Å². The van der Waals surface area contributed by atoms with Gasteiger partial charge >= 0.3 is 11.9 Å². The maximum atomic E-state index is 12.8. The summed E-state index contributed by atoms with van der Waals surface area (Å²) >= 11 is 0. The summed E-state index contributed by atoms with van der Waals surface area (Å²) in [6.45, 7) is 8.81. The molecule has 220 valence electrons. The topological polar surface area (TPSA) is 78.2 Å². The lowest BCUT2D eigenvalue weighted by Crippen LogP contribution is -2.35. The predicted octanol–water partition coefficient (Wildman–Crippen LogP) is 6.21. The third-order valence-electron chi connectivity index (χ3n) is 6.52. The number of benzene rings is 3. The number of methoxy groups -OCH3 is 1. The van der Waals surface area contributed by atoms with Gasteiger partial charge in [-0.1, -0.05) is 13.8 Å². The minimum absolute atomic E-state index is 0.393. The molecule has 0 spiro atoms. The summed E-state index contributed by atoms with van der Waals surface area (Å²) in [5.74, 6) is 1.12. The second-order valence-electron chi connectivity index (χ2n) is 9.38. The van der Waals surface area contributed by atoms with Crippen LogP contribution < -0.4 is 28.4 Å². The number of aromatic nitrogens is 1. The summed E-state index contributed by atoms with van der Waals surface area (Å²) < 4.78 is 24.2. The summed E-state index contributed by atoms with van der Waals surface area (Å²) in [4.78, 5) is 27.4. The van der Waals surface area contributed by atoms with E-state index in [1.807, 2.05) is 75.8 Å². The normalized spacial score (nSPS) is 10.2. The highest BCUT2D eigenvalue weighted by atomic mass is 16.5. The van der Waals surface area contributed by atoms with Crippen molar-refractivity contribution in [3.8, 4) is 23.0 Å². The van der Waals surface area contributed by atoms with Gasteiger partial charge in [0.15, 0.2) is 18.9 Å². The highest BCUT2D eigenvalue weighted by molar-refractivity contribution is 5.92. The van der Waals surface area contributed by atoms with E-state index in [1.54, 1.807) is 67.8 Å². The third-order valence-corrected chi connectivity index (χ3v) is 6.52. The molecule has 8 heteroatoms. The van der Waals surface area contributed by atoms with Crippen molar-refractivity contribution in [1.82, 2.24) is 0 Å². The first-order valence-electron chi connectivity index (χ1n) is 13.8. The Morgan fingerprint density at radius 3 is 1.57 bits per heavy atom. The molecular formula is C34H39N2O6+. The molecule has 4 aromatic rings. The van der Waals surface area contributed by atoms with E-state index in [1.165, 1.54) is 0 Å². The van der Waals surface area contributed by atoms with Crippen molar-refractivity contribution >= 4 is 17.6 Å². The first kappa shape index (κ1) is 31.7. The zero-order valence-electron chi connectivity index (χ0n) is 25.3. The molecule has 0 bridgehead atoms. The van der Waals surface area contributed by atoms with Gasteiger partial charge in [0.05, 0.1) is 18.2 Å². The zero-order chi connectivity index (χ0) is 30.6. The lowest BCUT2D eigenvalue weighted by Gasteiger charge is -2.14. The minimum atomic E-state index is -0.492. The number of esters is 2. The summed E-state index contributed by atoms with van der Waals surface area (Å²) in [5.41, 5.74) is 3.33. The van der Waals surface area contributed by atoms with Crippen LogP contribution in [0.15, 0.2) is 85.2 Å². The van der Waals surface area contributed by atoms with Crippen LogP contribution in [0.4, 0.5) is 5.69 Å². The van der Waals surface area contributed by atoms with Gasteiger partial charge in [-0.15, -0.1) is 0 Å². The summed E-state index contributed by atoms with van der Waals surface area (Å²) in [6.07, 6.45) is 4.03. The van der Waals surface area contributed by atoms with Crippen LogP contribution in [0.25, 0.3) is 0 Å². The summed E-state index contributed by atoms with van der Waals surface area (Å²) in [7, 11) is 5.57. The Hall–Kier alpha value is -4.85. The Morgan fingerprint density at radius 2 is 1.14 bits per heavy atom. The molecule has 0 aliphatic carbocycles. The lowest BCUT2D eigenvalue weighted by molar-refractivity contribution is -0.697. The molecule has 0 saturated heterocycles. The quantitative estimate of drug-likeness (QED) is 0.127. The number of hydrogen-bond acceptors (Lipinski definition) is 7. The molecule has 4 rings (SSSR count). The number of ether oxygens (including phenoxy) is 4. The number of carbonyl (C=O) groups excluding carboxylic acids is 2. The van der Waals surface area contributed by atoms with Crippen LogP contribution in [0.1, 0.15) is 45.7 Å². The highest BCUT2D eigenvalue weighted by Crippen LogP contribution is 2.30. The van der Waals surface area contributed by atoms with Crippen molar-refractivity contribution in [2.45, 2.75) is 34.2 Å². The molecular weight excluding hydrogens is 532 g/mol. The summed E-state index contributed by atoms with van der Waals surface area (Å²) in [5, 5.41) is 0. The van der Waals surface area contributed by atoms with Crippen molar-refractivity contribution in [3.05, 3.63) is 107 Å². The van der Waals surface area contributed by atoms with Gasteiger partial charge in [-0.3, -0.25) is 0 Å². The molecule has 0 aliphatic heterocycles. The minimum Gasteiger partial charge on any atom is -0.497 e. The Kier molecular flexibility index (Phi) is 11.5. The number of rotatable bonds is 10. The number of pyridine rings is 1. The SMILES string of the molecule is CC.COc1ccc(C(=O)Oc2ccc(OC(=O)c3ccc(OCC[n+]4ccc(N(C)C)cc4)cc3)c(C)c2C)cc1. The van der Waals surface area contributed by atoms with Crippen molar-refractivity contribution in [3.63, 3.8) is 0 Å². The number of anilines is 1. The van der Waals surface area contributed by atoms with Crippen molar-refractivity contribution in [1.29, 1.82) is 0 Å². The zero-order valence-corrected chi connectivity index (χ0v) is 25.3. The molecule has 8 nitrogen and oxygen atoms in total. The van der Waals surface area contributed by atoms with E-state index < -0.39 is 11.9 Å². The molecule has 0 atom stereocenters. The van der Waals surface area contributed by atoms with E-state index in [9.17, 15) is 9.59 Å². The Morgan fingerprint density at radius 1 is 0.690 bits per heavy atom. The Labute approximate surface area is 248 Å². The Bertz CT molecular complexity index is 1460. The van der Waals surface area contributed by atoms with Crippen LogP contribution >= 0.6 is 0 Å². The first-order valence-corrected chi connectivity index (χ1v) is 13.8. The van der Waals surface area contributed by atoms with Crippen LogP contribution in [-0.2, 0) is 6.54 Å². The molecule has 0 aliphatic rings. The lowest BCUT2D eigenvalue weighted by atomic mass is 10.1. The van der Waals surface area contributed by atoms with E-state index in [0.717, 1.165) is 5.69 Å². The average Bonchev–Trinajstić information content (AvgIpc) is 3.02. The monoisotopic (exact) mass is 571 g/mol. The van der Waals surface area contributed by atoms with Crippen molar-refractivity contribution in [2.75, 3.05) is 32.7 Å². The standard InChI is InChI=1S/C32H33N2O6.C2H6/c1-22-23(2)30(15-14-29(22)39-31(35)24-6-10-27(37-5)11-7-24)40-32(36)25-8-12-28(13-9-25)38-21-20-34-18-16-26(17-19-34)33(3)4;1-2/h6-19H,20-21H2,1-5H3;1-2H3/q+1;. The van der Waals surface area contributed by atoms with Crippen LogP contribution in [0.3, 0.4) is 0 Å². The summed E-state index contributed by atoms with van der Waals surface area (Å²) in [6, 6.07) is 20.8. The van der Waals surface area contributed by atoms with Crippen molar-refractivity contribution < 1.29 is 33.1 Å². The van der Waals surface area contributed by atoms with E-state index >= 15 is 0 Å². The van der Waals surface area contributed by atoms with Gasteiger partial charge in [0, 0.05) is 31.9 Å². The highest BCUT2D eigenvalue weighted by Gasteiger charge is 2.17. The average molecular weight is 572 g/mol. The molecule has 0 saturated carbocycles. The van der Waals surface area contributed by atoms with Crippen molar-refractivity contribution in [2.24, 2.45) is 0 Å².